The molecule has 1 nitrogen and oxygen atoms in total. The van der Waals surface area contributed by atoms with Crippen molar-refractivity contribution in [3.63, 3.8) is 0 Å². The summed E-state index contributed by atoms with van der Waals surface area (Å²) in [5.41, 5.74) is 1.20. The van der Waals surface area contributed by atoms with Crippen molar-refractivity contribution in [3.05, 3.63) is 65.2 Å². The first-order valence-corrected chi connectivity index (χ1v) is 6.93. The summed E-state index contributed by atoms with van der Waals surface area (Å²) < 4.78 is 32.0. The van der Waals surface area contributed by atoms with E-state index in [2.05, 4.69) is 11.8 Å². The third kappa shape index (κ3) is 5.09. The molecule has 0 aromatic heterocycles. The lowest BCUT2D eigenvalue weighted by molar-refractivity contribution is 0.304. The van der Waals surface area contributed by atoms with Gasteiger partial charge in [-0.3, -0.25) is 0 Å². The average molecular weight is 307 g/mol. The molecule has 2 aromatic carbocycles. The Morgan fingerprint density at radius 1 is 1.05 bits per heavy atom. The summed E-state index contributed by atoms with van der Waals surface area (Å²) in [5.74, 6) is 5.69. The predicted octanol–water partition coefficient (Wildman–Crippen LogP) is 4.52. The number of ether oxygens (including phenoxy) is 1. The SMILES string of the molecule is Fc1cccc(COc2cc(F)cc(C#CCCCl)c2)c1. The van der Waals surface area contributed by atoms with E-state index in [-0.39, 0.29) is 12.4 Å². The molecule has 0 amide bonds. The molecule has 2 rings (SSSR count). The van der Waals surface area contributed by atoms with Crippen LogP contribution >= 0.6 is 11.6 Å². The summed E-state index contributed by atoms with van der Waals surface area (Å²) in [4.78, 5) is 0. The van der Waals surface area contributed by atoms with Crippen LogP contribution in [0.15, 0.2) is 42.5 Å². The van der Waals surface area contributed by atoms with Gasteiger partial charge in [0.2, 0.25) is 0 Å². The first kappa shape index (κ1) is 15.3. The van der Waals surface area contributed by atoms with E-state index in [9.17, 15) is 8.78 Å². The summed E-state index contributed by atoms with van der Waals surface area (Å²) in [7, 11) is 0. The van der Waals surface area contributed by atoms with E-state index in [1.807, 2.05) is 0 Å². The molecule has 0 bridgehead atoms. The van der Waals surface area contributed by atoms with Gasteiger partial charge in [-0.2, -0.15) is 0 Å². The number of hydrogen-bond acceptors (Lipinski definition) is 1. The van der Waals surface area contributed by atoms with Crippen molar-refractivity contribution >= 4 is 11.6 Å². The topological polar surface area (TPSA) is 9.23 Å². The molecule has 0 aliphatic carbocycles. The molecule has 0 saturated heterocycles. The molecule has 0 heterocycles. The maximum atomic E-state index is 13.5. The lowest BCUT2D eigenvalue weighted by Gasteiger charge is -2.07. The predicted molar refractivity (Wildman–Crippen MR) is 79.3 cm³/mol. The zero-order chi connectivity index (χ0) is 15.1. The Bertz CT molecular complexity index is 674. The highest BCUT2D eigenvalue weighted by molar-refractivity contribution is 6.18. The van der Waals surface area contributed by atoms with Gasteiger partial charge in [0.25, 0.3) is 0 Å². The molecular weight excluding hydrogens is 294 g/mol. The summed E-state index contributed by atoms with van der Waals surface area (Å²) >= 11 is 5.53. The molecule has 0 aliphatic rings. The fraction of sp³-hybridized carbons (Fsp3) is 0.176. The number of alkyl halides is 1. The average Bonchev–Trinajstić information content (AvgIpc) is 2.45. The molecular formula is C17H13ClF2O. The second-order valence-corrected chi connectivity index (χ2v) is 4.71. The minimum absolute atomic E-state index is 0.162. The smallest absolute Gasteiger partial charge is 0.128 e. The first-order chi connectivity index (χ1) is 10.2. The molecule has 0 spiro atoms. The van der Waals surface area contributed by atoms with E-state index in [1.165, 1.54) is 24.3 Å². The monoisotopic (exact) mass is 306 g/mol. The molecule has 0 fully saturated rings. The molecule has 21 heavy (non-hydrogen) atoms. The van der Waals surface area contributed by atoms with Crippen LogP contribution in [0.4, 0.5) is 8.78 Å². The van der Waals surface area contributed by atoms with E-state index in [0.29, 0.717) is 29.2 Å². The highest BCUT2D eigenvalue weighted by Crippen LogP contribution is 2.17. The van der Waals surface area contributed by atoms with Crippen LogP contribution in [0.3, 0.4) is 0 Å². The van der Waals surface area contributed by atoms with Crippen molar-refractivity contribution in [3.8, 4) is 17.6 Å². The standard InChI is InChI=1S/C17H13ClF2O/c18-7-2-1-4-13-8-16(20)11-17(10-13)21-12-14-5-3-6-15(19)9-14/h3,5-6,8-11H,2,7,12H2. The van der Waals surface area contributed by atoms with Crippen molar-refractivity contribution in [1.82, 2.24) is 0 Å². The van der Waals surface area contributed by atoms with Crippen LogP contribution in [0.5, 0.6) is 5.75 Å². The summed E-state index contributed by atoms with van der Waals surface area (Å²) in [6.45, 7) is 0.162. The second kappa shape index (κ2) is 7.66. The molecule has 0 N–H and O–H groups in total. The Morgan fingerprint density at radius 3 is 2.67 bits per heavy atom. The lowest BCUT2D eigenvalue weighted by atomic mass is 10.2. The van der Waals surface area contributed by atoms with Crippen LogP contribution in [0.2, 0.25) is 0 Å². The van der Waals surface area contributed by atoms with Crippen LogP contribution in [-0.2, 0) is 6.61 Å². The van der Waals surface area contributed by atoms with Gasteiger partial charge in [0.1, 0.15) is 24.0 Å². The normalized spacial score (nSPS) is 9.86. The zero-order valence-electron chi connectivity index (χ0n) is 11.2. The van der Waals surface area contributed by atoms with Crippen molar-refractivity contribution < 1.29 is 13.5 Å². The van der Waals surface area contributed by atoms with Crippen molar-refractivity contribution in [2.45, 2.75) is 13.0 Å². The van der Waals surface area contributed by atoms with Gasteiger partial charge in [0.05, 0.1) is 0 Å². The molecule has 108 valence electrons. The summed E-state index contributed by atoms with van der Waals surface area (Å²) in [6, 6.07) is 10.3. The Kier molecular flexibility index (Phi) is 5.59. The molecule has 2 aromatic rings. The Balaban J connectivity index is 2.08. The number of halogens is 3. The van der Waals surface area contributed by atoms with E-state index in [0.717, 1.165) is 0 Å². The minimum Gasteiger partial charge on any atom is -0.489 e. The van der Waals surface area contributed by atoms with Gasteiger partial charge in [-0.25, -0.2) is 8.78 Å². The molecule has 4 heteroatoms. The third-order valence-electron chi connectivity index (χ3n) is 2.62. The van der Waals surface area contributed by atoms with Crippen LogP contribution < -0.4 is 4.74 Å². The molecule has 0 radical (unpaired) electrons. The van der Waals surface area contributed by atoms with Crippen molar-refractivity contribution in [2.24, 2.45) is 0 Å². The number of hydrogen-bond donors (Lipinski definition) is 0. The molecule has 0 saturated carbocycles. The number of benzene rings is 2. The molecule has 0 aliphatic heterocycles. The van der Waals surface area contributed by atoms with Gasteiger partial charge in [-0.05, 0) is 29.8 Å². The van der Waals surface area contributed by atoms with E-state index >= 15 is 0 Å². The van der Waals surface area contributed by atoms with E-state index < -0.39 is 5.82 Å². The van der Waals surface area contributed by atoms with Crippen LogP contribution in [0.25, 0.3) is 0 Å². The van der Waals surface area contributed by atoms with Crippen LogP contribution in [0, 0.1) is 23.5 Å². The van der Waals surface area contributed by atoms with Gasteiger partial charge < -0.3 is 4.74 Å². The summed E-state index contributed by atoms with van der Waals surface area (Å²) in [5, 5.41) is 0. The fourth-order valence-corrected chi connectivity index (χ4v) is 1.82. The van der Waals surface area contributed by atoms with Gasteiger partial charge in [-0.15, -0.1) is 11.6 Å². The van der Waals surface area contributed by atoms with Crippen molar-refractivity contribution in [2.75, 3.05) is 5.88 Å². The zero-order valence-corrected chi connectivity index (χ0v) is 12.0. The number of rotatable bonds is 4. The van der Waals surface area contributed by atoms with Gasteiger partial charge in [-0.1, -0.05) is 24.0 Å². The lowest BCUT2D eigenvalue weighted by Crippen LogP contribution is -1.97. The highest BCUT2D eigenvalue weighted by Gasteiger charge is 2.02. The fourth-order valence-electron chi connectivity index (χ4n) is 1.72. The van der Waals surface area contributed by atoms with Gasteiger partial charge in [0.15, 0.2) is 0 Å². The Hall–Kier alpha value is -2.05. The largest absolute Gasteiger partial charge is 0.489 e. The quantitative estimate of drug-likeness (QED) is 0.596. The first-order valence-electron chi connectivity index (χ1n) is 6.40. The van der Waals surface area contributed by atoms with Crippen LogP contribution in [0.1, 0.15) is 17.5 Å². The molecule has 0 unspecified atom stereocenters. The maximum absolute atomic E-state index is 13.5. The maximum Gasteiger partial charge on any atom is 0.128 e. The minimum atomic E-state index is -0.429. The van der Waals surface area contributed by atoms with Crippen molar-refractivity contribution in [1.29, 1.82) is 0 Å². The van der Waals surface area contributed by atoms with E-state index in [1.54, 1.807) is 18.2 Å². The molecule has 0 atom stereocenters. The summed E-state index contributed by atoms with van der Waals surface area (Å²) in [6.07, 6.45) is 0.539. The van der Waals surface area contributed by atoms with E-state index in [4.69, 9.17) is 16.3 Å². The second-order valence-electron chi connectivity index (χ2n) is 4.33. The highest BCUT2D eigenvalue weighted by atomic mass is 35.5. The Morgan fingerprint density at radius 2 is 1.90 bits per heavy atom. The third-order valence-corrected chi connectivity index (χ3v) is 2.81. The Labute approximate surface area is 127 Å². The van der Waals surface area contributed by atoms with Gasteiger partial charge >= 0.3 is 0 Å². The van der Waals surface area contributed by atoms with Crippen LogP contribution in [-0.4, -0.2) is 5.88 Å². The van der Waals surface area contributed by atoms with Gasteiger partial charge in [0, 0.05) is 23.9 Å².